The highest BCUT2D eigenvalue weighted by Gasteiger charge is 2.20. The van der Waals surface area contributed by atoms with Crippen LogP contribution in [0.25, 0.3) is 0 Å². The lowest BCUT2D eigenvalue weighted by molar-refractivity contribution is 0.674. The van der Waals surface area contributed by atoms with Crippen molar-refractivity contribution in [2.24, 2.45) is 5.73 Å². The zero-order chi connectivity index (χ0) is 15.6. The topological polar surface area (TPSA) is 66.0 Å². The zero-order valence-electron chi connectivity index (χ0n) is 13.0. The molecule has 0 aliphatic heterocycles. The standard InChI is InChI=1S/C16H22N4S/c1-10(2)20(9-13-6-5-7-21-13)16-14(15(17)18)11(3)8-12(4)19-16/h5-8,10H,9H2,1-4H3,(H3,17,18). The van der Waals surface area contributed by atoms with Gasteiger partial charge in [0.25, 0.3) is 0 Å². The number of thiophene rings is 1. The molecule has 2 heterocycles. The molecule has 0 spiro atoms. The third kappa shape index (κ3) is 3.42. The minimum absolute atomic E-state index is 0.0758. The normalized spacial score (nSPS) is 10.9. The van der Waals surface area contributed by atoms with Crippen LogP contribution < -0.4 is 10.6 Å². The number of hydrogen-bond acceptors (Lipinski definition) is 4. The van der Waals surface area contributed by atoms with Crippen LogP contribution >= 0.6 is 11.3 Å². The Bertz CT molecular complexity index is 632. The van der Waals surface area contributed by atoms with E-state index in [0.717, 1.165) is 29.2 Å². The predicted octanol–water partition coefficient (Wildman–Crippen LogP) is 3.46. The summed E-state index contributed by atoms with van der Waals surface area (Å²) in [4.78, 5) is 8.15. The molecular formula is C16H22N4S. The summed E-state index contributed by atoms with van der Waals surface area (Å²) in [7, 11) is 0. The zero-order valence-corrected chi connectivity index (χ0v) is 13.8. The van der Waals surface area contributed by atoms with Crippen LogP contribution in [-0.4, -0.2) is 16.9 Å². The summed E-state index contributed by atoms with van der Waals surface area (Å²) in [6.45, 7) is 9.02. The summed E-state index contributed by atoms with van der Waals surface area (Å²) < 4.78 is 0. The van der Waals surface area contributed by atoms with Crippen molar-refractivity contribution < 1.29 is 0 Å². The Hall–Kier alpha value is -1.88. The van der Waals surface area contributed by atoms with Gasteiger partial charge < -0.3 is 10.6 Å². The van der Waals surface area contributed by atoms with Crippen molar-refractivity contribution >= 4 is 23.0 Å². The first-order valence-electron chi connectivity index (χ1n) is 7.01. The van der Waals surface area contributed by atoms with Crippen LogP contribution in [-0.2, 0) is 6.54 Å². The molecule has 0 amide bonds. The second-order valence-electron chi connectivity index (χ2n) is 5.49. The number of rotatable bonds is 5. The van der Waals surface area contributed by atoms with Gasteiger partial charge in [0, 0.05) is 16.6 Å². The molecule has 2 aromatic heterocycles. The molecule has 0 saturated heterocycles. The highest BCUT2D eigenvalue weighted by atomic mass is 32.1. The van der Waals surface area contributed by atoms with Gasteiger partial charge in [-0.15, -0.1) is 11.3 Å². The van der Waals surface area contributed by atoms with Gasteiger partial charge in [-0.1, -0.05) is 6.07 Å². The Morgan fingerprint density at radius 2 is 2.14 bits per heavy atom. The maximum atomic E-state index is 7.89. The summed E-state index contributed by atoms with van der Waals surface area (Å²) in [5.41, 5.74) is 8.49. The Balaban J connectivity index is 2.51. The lowest BCUT2D eigenvalue weighted by Crippen LogP contribution is -2.33. The predicted molar refractivity (Wildman–Crippen MR) is 90.4 cm³/mol. The van der Waals surface area contributed by atoms with Gasteiger partial charge in [0.2, 0.25) is 0 Å². The molecule has 3 N–H and O–H groups in total. The molecule has 0 unspecified atom stereocenters. The van der Waals surface area contributed by atoms with Crippen molar-refractivity contribution in [2.75, 3.05) is 4.90 Å². The molecule has 2 aromatic rings. The van der Waals surface area contributed by atoms with Gasteiger partial charge in [-0.05, 0) is 50.8 Å². The van der Waals surface area contributed by atoms with Gasteiger partial charge in [0.1, 0.15) is 11.7 Å². The molecule has 4 nitrogen and oxygen atoms in total. The van der Waals surface area contributed by atoms with Gasteiger partial charge in [-0.2, -0.15) is 0 Å². The first-order valence-corrected chi connectivity index (χ1v) is 7.89. The summed E-state index contributed by atoms with van der Waals surface area (Å²) in [5, 5.41) is 9.96. The molecule has 0 aliphatic rings. The number of aromatic nitrogens is 1. The van der Waals surface area contributed by atoms with E-state index in [4.69, 9.17) is 11.1 Å². The summed E-state index contributed by atoms with van der Waals surface area (Å²) in [6.07, 6.45) is 0. The van der Waals surface area contributed by atoms with Gasteiger partial charge in [-0.25, -0.2) is 4.98 Å². The Morgan fingerprint density at radius 3 is 2.67 bits per heavy atom. The van der Waals surface area contributed by atoms with Crippen LogP contribution in [0.1, 0.15) is 35.5 Å². The van der Waals surface area contributed by atoms with Crippen LogP contribution in [0.4, 0.5) is 5.82 Å². The molecule has 5 heteroatoms. The molecule has 0 fully saturated rings. The fourth-order valence-corrected chi connectivity index (χ4v) is 3.13. The number of nitrogens with two attached hydrogens (primary N) is 1. The van der Waals surface area contributed by atoms with E-state index in [1.54, 1.807) is 11.3 Å². The van der Waals surface area contributed by atoms with E-state index in [1.807, 2.05) is 19.9 Å². The first kappa shape index (κ1) is 15.5. The molecule has 2 rings (SSSR count). The van der Waals surface area contributed by atoms with Crippen LogP contribution in [0, 0.1) is 19.3 Å². The molecule has 0 atom stereocenters. The number of amidine groups is 1. The third-order valence-electron chi connectivity index (χ3n) is 3.40. The SMILES string of the molecule is Cc1cc(C)c(C(=N)N)c(N(Cc2cccs2)C(C)C)n1. The maximum absolute atomic E-state index is 7.89. The van der Waals surface area contributed by atoms with Crippen molar-refractivity contribution in [3.05, 3.63) is 45.3 Å². The first-order chi connectivity index (χ1) is 9.90. The van der Waals surface area contributed by atoms with E-state index in [2.05, 4.69) is 41.2 Å². The van der Waals surface area contributed by atoms with Crippen molar-refractivity contribution in [1.82, 2.24) is 4.98 Å². The highest BCUT2D eigenvalue weighted by molar-refractivity contribution is 7.09. The Morgan fingerprint density at radius 1 is 1.43 bits per heavy atom. The molecule has 21 heavy (non-hydrogen) atoms. The largest absolute Gasteiger partial charge is 0.384 e. The monoisotopic (exact) mass is 302 g/mol. The lowest BCUT2D eigenvalue weighted by Gasteiger charge is -2.30. The van der Waals surface area contributed by atoms with Crippen LogP contribution in [0.15, 0.2) is 23.6 Å². The lowest BCUT2D eigenvalue weighted by atomic mass is 10.1. The van der Waals surface area contributed by atoms with Crippen molar-refractivity contribution in [1.29, 1.82) is 5.41 Å². The molecule has 0 bridgehead atoms. The number of nitrogens with one attached hydrogen (secondary N) is 1. The average Bonchev–Trinajstić information content (AvgIpc) is 2.86. The second-order valence-corrected chi connectivity index (χ2v) is 6.53. The van der Waals surface area contributed by atoms with E-state index < -0.39 is 0 Å². The third-order valence-corrected chi connectivity index (χ3v) is 4.26. The van der Waals surface area contributed by atoms with E-state index in [9.17, 15) is 0 Å². The van der Waals surface area contributed by atoms with Crippen molar-refractivity contribution in [2.45, 2.75) is 40.3 Å². The molecule has 112 valence electrons. The van der Waals surface area contributed by atoms with Crippen LogP contribution in [0.2, 0.25) is 0 Å². The van der Waals surface area contributed by atoms with Crippen LogP contribution in [0.5, 0.6) is 0 Å². The number of nitrogen functional groups attached to an aromatic ring is 1. The number of nitrogens with zero attached hydrogens (tertiary/aromatic N) is 2. The van der Waals surface area contributed by atoms with Gasteiger partial charge in [-0.3, -0.25) is 5.41 Å². The van der Waals surface area contributed by atoms with Crippen LogP contribution in [0.3, 0.4) is 0 Å². The fourth-order valence-electron chi connectivity index (χ4n) is 2.43. The summed E-state index contributed by atoms with van der Waals surface area (Å²) >= 11 is 1.73. The molecule has 0 radical (unpaired) electrons. The smallest absolute Gasteiger partial charge is 0.140 e. The number of hydrogen-bond donors (Lipinski definition) is 2. The van der Waals surface area contributed by atoms with Gasteiger partial charge >= 0.3 is 0 Å². The van der Waals surface area contributed by atoms with Gasteiger partial charge in [0.05, 0.1) is 12.1 Å². The molecular weight excluding hydrogens is 280 g/mol. The van der Waals surface area contributed by atoms with E-state index in [-0.39, 0.29) is 11.9 Å². The highest BCUT2D eigenvalue weighted by Crippen LogP contribution is 2.26. The van der Waals surface area contributed by atoms with E-state index in [1.165, 1.54) is 4.88 Å². The second kappa shape index (κ2) is 6.26. The Labute approximate surface area is 130 Å². The average molecular weight is 302 g/mol. The number of pyridine rings is 1. The summed E-state index contributed by atoms with van der Waals surface area (Å²) in [5.74, 6) is 0.884. The van der Waals surface area contributed by atoms with E-state index >= 15 is 0 Å². The number of aryl methyl sites for hydroxylation is 2. The Kier molecular flexibility index (Phi) is 4.63. The molecule has 0 aromatic carbocycles. The molecule has 0 aliphatic carbocycles. The molecule has 0 saturated carbocycles. The number of anilines is 1. The van der Waals surface area contributed by atoms with Crippen molar-refractivity contribution in [3.8, 4) is 0 Å². The van der Waals surface area contributed by atoms with E-state index in [0.29, 0.717) is 0 Å². The van der Waals surface area contributed by atoms with Crippen molar-refractivity contribution in [3.63, 3.8) is 0 Å². The maximum Gasteiger partial charge on any atom is 0.140 e. The van der Waals surface area contributed by atoms with Gasteiger partial charge in [0.15, 0.2) is 0 Å². The minimum Gasteiger partial charge on any atom is -0.384 e. The minimum atomic E-state index is 0.0758. The fraction of sp³-hybridized carbons (Fsp3) is 0.375. The summed E-state index contributed by atoms with van der Waals surface area (Å²) in [6, 6.07) is 6.43. The quantitative estimate of drug-likeness (QED) is 0.656.